The van der Waals surface area contributed by atoms with Crippen molar-refractivity contribution < 1.29 is 9.90 Å². The lowest BCUT2D eigenvalue weighted by atomic mass is 9.89. The third-order valence-electron chi connectivity index (χ3n) is 4.24. The summed E-state index contributed by atoms with van der Waals surface area (Å²) in [6.45, 7) is 4.92. The van der Waals surface area contributed by atoms with Gasteiger partial charge in [-0.2, -0.15) is 0 Å². The average molecular weight is 275 g/mol. The zero-order valence-electron chi connectivity index (χ0n) is 12.5. The second-order valence-electron chi connectivity index (χ2n) is 6.55. The molecule has 0 radical (unpaired) electrons. The minimum Gasteiger partial charge on any atom is -0.396 e. The van der Waals surface area contributed by atoms with Crippen LogP contribution in [-0.2, 0) is 11.2 Å². The normalized spacial score (nSPS) is 17.9. The van der Waals surface area contributed by atoms with Crippen molar-refractivity contribution in [2.45, 2.75) is 45.4 Å². The molecule has 20 heavy (non-hydrogen) atoms. The molecule has 0 fully saturated rings. The fourth-order valence-corrected chi connectivity index (χ4v) is 2.88. The van der Waals surface area contributed by atoms with E-state index in [0.717, 1.165) is 12.8 Å². The maximum atomic E-state index is 12.1. The van der Waals surface area contributed by atoms with Gasteiger partial charge in [0.15, 0.2) is 0 Å². The van der Waals surface area contributed by atoms with Gasteiger partial charge in [-0.25, -0.2) is 0 Å². The van der Waals surface area contributed by atoms with Gasteiger partial charge in [0.05, 0.1) is 0 Å². The number of amides is 1. The summed E-state index contributed by atoms with van der Waals surface area (Å²) in [4.78, 5) is 12.1. The van der Waals surface area contributed by atoms with Gasteiger partial charge in [0.1, 0.15) is 0 Å². The number of rotatable bonds is 6. The monoisotopic (exact) mass is 275 g/mol. The Hall–Kier alpha value is -1.35. The maximum absolute atomic E-state index is 12.1. The molecule has 2 N–H and O–H groups in total. The number of carbonyl (C=O) groups is 1. The predicted molar refractivity (Wildman–Crippen MR) is 80.6 cm³/mol. The standard InChI is InChI=1S/C17H25NO2/c1-17(2,9-10-19)12-18-16(20)11-14-8-7-13-5-3-4-6-15(13)14/h3-6,14,19H,7-12H2,1-2H3,(H,18,20). The number of aryl methyl sites for hydroxylation is 1. The number of aliphatic hydroxyl groups excluding tert-OH is 1. The van der Waals surface area contributed by atoms with E-state index < -0.39 is 0 Å². The molecule has 1 unspecified atom stereocenters. The van der Waals surface area contributed by atoms with Crippen LogP contribution in [0.2, 0.25) is 0 Å². The highest BCUT2D eigenvalue weighted by Gasteiger charge is 2.25. The van der Waals surface area contributed by atoms with Crippen LogP contribution in [0.4, 0.5) is 0 Å². The summed E-state index contributed by atoms with van der Waals surface area (Å²) in [6.07, 6.45) is 3.45. The number of hydrogen-bond acceptors (Lipinski definition) is 2. The Balaban J connectivity index is 1.84. The molecule has 0 aliphatic heterocycles. The van der Waals surface area contributed by atoms with Gasteiger partial charge in [0, 0.05) is 19.6 Å². The SMILES string of the molecule is CC(C)(CCO)CNC(=O)CC1CCc2ccccc21. The van der Waals surface area contributed by atoms with Crippen molar-refractivity contribution in [3.05, 3.63) is 35.4 Å². The molecule has 1 amide bonds. The maximum Gasteiger partial charge on any atom is 0.220 e. The molecule has 110 valence electrons. The summed E-state index contributed by atoms with van der Waals surface area (Å²) >= 11 is 0. The van der Waals surface area contributed by atoms with E-state index in [0.29, 0.717) is 25.3 Å². The van der Waals surface area contributed by atoms with Crippen molar-refractivity contribution >= 4 is 5.91 Å². The first-order valence-corrected chi connectivity index (χ1v) is 7.47. The number of benzene rings is 1. The fraction of sp³-hybridized carbons (Fsp3) is 0.588. The van der Waals surface area contributed by atoms with Crippen LogP contribution in [0.3, 0.4) is 0 Å². The molecular weight excluding hydrogens is 250 g/mol. The van der Waals surface area contributed by atoms with E-state index in [-0.39, 0.29) is 17.9 Å². The second-order valence-corrected chi connectivity index (χ2v) is 6.55. The molecule has 1 aromatic carbocycles. The van der Waals surface area contributed by atoms with Crippen molar-refractivity contribution in [2.75, 3.05) is 13.2 Å². The van der Waals surface area contributed by atoms with E-state index in [1.807, 2.05) is 0 Å². The molecule has 3 nitrogen and oxygen atoms in total. The fourth-order valence-electron chi connectivity index (χ4n) is 2.88. The molecule has 2 rings (SSSR count). The summed E-state index contributed by atoms with van der Waals surface area (Å²) in [5.41, 5.74) is 2.70. The second kappa shape index (κ2) is 6.40. The zero-order valence-corrected chi connectivity index (χ0v) is 12.5. The third-order valence-corrected chi connectivity index (χ3v) is 4.24. The van der Waals surface area contributed by atoms with Crippen molar-refractivity contribution in [3.8, 4) is 0 Å². The van der Waals surface area contributed by atoms with Crippen molar-refractivity contribution in [3.63, 3.8) is 0 Å². The van der Waals surface area contributed by atoms with Crippen LogP contribution in [0.15, 0.2) is 24.3 Å². The van der Waals surface area contributed by atoms with E-state index in [1.165, 1.54) is 11.1 Å². The van der Waals surface area contributed by atoms with Crippen LogP contribution in [0, 0.1) is 5.41 Å². The quantitative estimate of drug-likeness (QED) is 0.838. The number of hydrogen-bond donors (Lipinski definition) is 2. The van der Waals surface area contributed by atoms with Gasteiger partial charge in [0.25, 0.3) is 0 Å². The van der Waals surface area contributed by atoms with Gasteiger partial charge in [0.2, 0.25) is 5.91 Å². The predicted octanol–water partition coefficient (Wildman–Crippen LogP) is 2.63. The first-order valence-electron chi connectivity index (χ1n) is 7.47. The molecule has 0 bridgehead atoms. The minimum absolute atomic E-state index is 0.0437. The highest BCUT2D eigenvalue weighted by Crippen LogP contribution is 2.35. The van der Waals surface area contributed by atoms with Crippen LogP contribution in [-0.4, -0.2) is 24.2 Å². The lowest BCUT2D eigenvalue weighted by molar-refractivity contribution is -0.122. The smallest absolute Gasteiger partial charge is 0.220 e. The van der Waals surface area contributed by atoms with Gasteiger partial charge in [-0.1, -0.05) is 38.1 Å². The molecule has 0 saturated heterocycles. The van der Waals surface area contributed by atoms with Gasteiger partial charge in [-0.15, -0.1) is 0 Å². The third kappa shape index (κ3) is 3.83. The number of nitrogens with one attached hydrogen (secondary N) is 1. The first-order chi connectivity index (χ1) is 9.52. The number of fused-ring (bicyclic) bond motifs is 1. The largest absolute Gasteiger partial charge is 0.396 e. The Labute approximate surface area is 121 Å². The Morgan fingerprint density at radius 3 is 2.90 bits per heavy atom. The summed E-state index contributed by atoms with van der Waals surface area (Å²) in [5, 5.41) is 12.0. The van der Waals surface area contributed by atoms with Crippen LogP contribution < -0.4 is 5.32 Å². The van der Waals surface area contributed by atoms with E-state index in [9.17, 15) is 4.79 Å². The molecular formula is C17H25NO2. The van der Waals surface area contributed by atoms with E-state index in [1.54, 1.807) is 0 Å². The minimum atomic E-state index is -0.0437. The highest BCUT2D eigenvalue weighted by atomic mass is 16.3. The molecule has 0 spiro atoms. The topological polar surface area (TPSA) is 49.3 Å². The molecule has 0 heterocycles. The van der Waals surface area contributed by atoms with E-state index in [4.69, 9.17) is 5.11 Å². The average Bonchev–Trinajstić information content (AvgIpc) is 2.80. The van der Waals surface area contributed by atoms with Crippen molar-refractivity contribution in [2.24, 2.45) is 5.41 Å². The molecule has 1 aliphatic carbocycles. The van der Waals surface area contributed by atoms with Crippen molar-refractivity contribution in [1.29, 1.82) is 0 Å². The lowest BCUT2D eigenvalue weighted by Crippen LogP contribution is -2.35. The molecule has 0 aromatic heterocycles. The Kier molecular flexibility index (Phi) is 4.81. The lowest BCUT2D eigenvalue weighted by Gasteiger charge is -2.24. The molecule has 0 saturated carbocycles. The summed E-state index contributed by atoms with van der Waals surface area (Å²) in [6, 6.07) is 8.44. The van der Waals surface area contributed by atoms with Gasteiger partial charge in [-0.05, 0) is 41.7 Å². The van der Waals surface area contributed by atoms with E-state index >= 15 is 0 Å². The Bertz CT molecular complexity index is 468. The van der Waals surface area contributed by atoms with Crippen LogP contribution >= 0.6 is 0 Å². The highest BCUT2D eigenvalue weighted by molar-refractivity contribution is 5.77. The van der Waals surface area contributed by atoms with Crippen LogP contribution in [0.25, 0.3) is 0 Å². The molecule has 1 aliphatic rings. The molecule has 1 atom stereocenters. The van der Waals surface area contributed by atoms with E-state index in [2.05, 4.69) is 43.4 Å². The number of carbonyl (C=O) groups excluding carboxylic acids is 1. The van der Waals surface area contributed by atoms with Gasteiger partial charge >= 0.3 is 0 Å². The van der Waals surface area contributed by atoms with Crippen molar-refractivity contribution in [1.82, 2.24) is 5.32 Å². The Morgan fingerprint density at radius 2 is 2.15 bits per heavy atom. The molecule has 1 aromatic rings. The van der Waals surface area contributed by atoms with Gasteiger partial charge in [-0.3, -0.25) is 4.79 Å². The summed E-state index contributed by atoms with van der Waals surface area (Å²) in [5.74, 6) is 0.491. The molecule has 3 heteroatoms. The van der Waals surface area contributed by atoms with Gasteiger partial charge < -0.3 is 10.4 Å². The summed E-state index contributed by atoms with van der Waals surface area (Å²) in [7, 11) is 0. The van der Waals surface area contributed by atoms with Crippen LogP contribution in [0.1, 0.15) is 50.2 Å². The zero-order chi connectivity index (χ0) is 14.6. The van der Waals surface area contributed by atoms with Crippen LogP contribution in [0.5, 0.6) is 0 Å². The summed E-state index contributed by atoms with van der Waals surface area (Å²) < 4.78 is 0. The number of aliphatic hydroxyl groups is 1. The Morgan fingerprint density at radius 1 is 1.40 bits per heavy atom. The first kappa shape index (κ1) is 15.0.